The summed E-state index contributed by atoms with van der Waals surface area (Å²) in [7, 11) is 1.84. The van der Waals surface area contributed by atoms with E-state index in [4.69, 9.17) is 0 Å². The van der Waals surface area contributed by atoms with E-state index in [9.17, 15) is 9.18 Å². The Kier molecular flexibility index (Phi) is 4.81. The summed E-state index contributed by atoms with van der Waals surface area (Å²) < 4.78 is 15.0. The molecule has 0 spiro atoms. The number of hydrogen-bond acceptors (Lipinski definition) is 4. The van der Waals surface area contributed by atoms with Gasteiger partial charge >= 0.3 is 0 Å². The van der Waals surface area contributed by atoms with Gasteiger partial charge in [-0.15, -0.1) is 11.3 Å². The second kappa shape index (κ2) is 7.18. The summed E-state index contributed by atoms with van der Waals surface area (Å²) in [4.78, 5) is 20.7. The van der Waals surface area contributed by atoms with E-state index in [1.54, 1.807) is 36.1 Å². The summed E-state index contributed by atoms with van der Waals surface area (Å²) >= 11 is 1.46. The van der Waals surface area contributed by atoms with Gasteiger partial charge in [0.2, 0.25) is 5.91 Å². The number of aryl methyl sites for hydroxylation is 1. The Balaban J connectivity index is 1.84. The van der Waals surface area contributed by atoms with Gasteiger partial charge in [-0.1, -0.05) is 12.1 Å². The van der Waals surface area contributed by atoms with Gasteiger partial charge in [-0.2, -0.15) is 0 Å². The molecule has 2 heterocycles. The lowest BCUT2D eigenvalue weighted by Gasteiger charge is -2.18. The fourth-order valence-corrected chi connectivity index (χ4v) is 2.79. The van der Waals surface area contributed by atoms with E-state index < -0.39 is 6.04 Å². The van der Waals surface area contributed by atoms with Crippen molar-refractivity contribution in [3.8, 4) is 0 Å². The number of carbonyl (C=O) groups is 1. The van der Waals surface area contributed by atoms with Gasteiger partial charge in [0.05, 0.1) is 11.2 Å². The fourth-order valence-electron chi connectivity index (χ4n) is 2.26. The molecule has 0 fully saturated rings. The zero-order valence-electron chi connectivity index (χ0n) is 12.9. The highest BCUT2D eigenvalue weighted by Crippen LogP contribution is 2.20. The van der Waals surface area contributed by atoms with Gasteiger partial charge in [0.25, 0.3) is 0 Å². The molecule has 2 aromatic heterocycles. The molecule has 0 radical (unpaired) electrons. The molecule has 0 aliphatic rings. The van der Waals surface area contributed by atoms with Crippen LogP contribution in [0, 0.1) is 5.82 Å². The van der Waals surface area contributed by atoms with Crippen molar-refractivity contribution >= 4 is 23.3 Å². The van der Waals surface area contributed by atoms with Crippen LogP contribution >= 0.6 is 11.3 Å². The van der Waals surface area contributed by atoms with E-state index in [1.165, 1.54) is 29.5 Å². The van der Waals surface area contributed by atoms with Gasteiger partial charge in [0.1, 0.15) is 17.7 Å². The second-order valence-electron chi connectivity index (χ2n) is 5.14. The standard InChI is InChI=1S/C17H15FN4OS/c1-22-9-8-19-17(22)16(12-2-4-13(18)5-3-12)21-15(23)7-6-14-10-24-11-20-14/h2-11,16H,1H3,(H,21,23)/b7-6-/t16-/m0/s1. The maximum absolute atomic E-state index is 13.2. The SMILES string of the molecule is Cn1ccnc1[C@@H](NC(=O)/C=C\c1cscn1)c1ccc(F)cc1. The first kappa shape index (κ1) is 16.1. The number of halogens is 1. The van der Waals surface area contributed by atoms with Crippen LogP contribution in [0.1, 0.15) is 23.1 Å². The Hall–Kier alpha value is -2.80. The van der Waals surface area contributed by atoms with E-state index >= 15 is 0 Å². The minimum Gasteiger partial charge on any atom is -0.339 e. The van der Waals surface area contributed by atoms with E-state index in [0.717, 1.165) is 11.3 Å². The van der Waals surface area contributed by atoms with E-state index in [0.29, 0.717) is 5.82 Å². The molecule has 0 saturated heterocycles. The van der Waals surface area contributed by atoms with E-state index in [2.05, 4.69) is 15.3 Å². The zero-order valence-corrected chi connectivity index (χ0v) is 13.7. The quantitative estimate of drug-likeness (QED) is 0.725. The van der Waals surface area contributed by atoms with Crippen molar-refractivity contribution in [1.29, 1.82) is 0 Å². The van der Waals surface area contributed by atoms with Gasteiger partial charge < -0.3 is 9.88 Å². The van der Waals surface area contributed by atoms with Crippen LogP contribution in [-0.2, 0) is 11.8 Å². The third kappa shape index (κ3) is 3.75. The van der Waals surface area contributed by atoms with Crippen LogP contribution in [-0.4, -0.2) is 20.4 Å². The fraction of sp³-hybridized carbons (Fsp3) is 0.118. The van der Waals surface area contributed by atoms with Crippen LogP contribution in [0.15, 0.2) is 53.6 Å². The number of amides is 1. The monoisotopic (exact) mass is 342 g/mol. The molecule has 0 aliphatic carbocycles. The molecule has 0 bridgehead atoms. The highest BCUT2D eigenvalue weighted by atomic mass is 32.1. The van der Waals surface area contributed by atoms with E-state index in [-0.39, 0.29) is 11.7 Å². The second-order valence-corrected chi connectivity index (χ2v) is 5.85. The molecule has 7 heteroatoms. The molecule has 122 valence electrons. The lowest BCUT2D eigenvalue weighted by atomic mass is 10.1. The van der Waals surface area contributed by atoms with E-state index in [1.807, 2.05) is 17.0 Å². The van der Waals surface area contributed by atoms with Crippen LogP contribution in [0.4, 0.5) is 4.39 Å². The minimum atomic E-state index is -0.474. The first-order chi connectivity index (χ1) is 11.6. The number of benzene rings is 1. The topological polar surface area (TPSA) is 59.8 Å². The first-order valence-corrected chi connectivity index (χ1v) is 8.17. The molecule has 0 saturated carbocycles. The molecular weight excluding hydrogens is 327 g/mol. The number of imidazole rings is 1. The summed E-state index contributed by atoms with van der Waals surface area (Å²) in [5.41, 5.74) is 3.18. The summed E-state index contributed by atoms with van der Waals surface area (Å²) in [5.74, 6) is 0.0597. The summed E-state index contributed by atoms with van der Waals surface area (Å²) in [6.45, 7) is 0. The number of nitrogens with zero attached hydrogens (tertiary/aromatic N) is 3. The number of hydrogen-bond donors (Lipinski definition) is 1. The molecule has 5 nitrogen and oxygen atoms in total. The first-order valence-electron chi connectivity index (χ1n) is 7.23. The van der Waals surface area contributed by atoms with Crippen LogP contribution in [0.25, 0.3) is 6.08 Å². The Bertz CT molecular complexity index is 840. The number of thiazole rings is 1. The number of nitrogens with one attached hydrogen (secondary N) is 1. The Morgan fingerprint density at radius 2 is 2.12 bits per heavy atom. The number of rotatable bonds is 5. The van der Waals surface area contributed by atoms with Gasteiger partial charge in [-0.3, -0.25) is 4.79 Å². The highest BCUT2D eigenvalue weighted by molar-refractivity contribution is 7.07. The predicted octanol–water partition coefficient (Wildman–Crippen LogP) is 2.93. The Morgan fingerprint density at radius 1 is 1.33 bits per heavy atom. The van der Waals surface area contributed by atoms with Crippen molar-refractivity contribution in [3.05, 3.63) is 76.5 Å². The van der Waals surface area contributed by atoms with Gasteiger partial charge in [0, 0.05) is 30.9 Å². The average Bonchev–Trinajstić information content (AvgIpc) is 3.23. The minimum absolute atomic E-state index is 0.277. The summed E-state index contributed by atoms with van der Waals surface area (Å²) in [6, 6.07) is 5.53. The maximum Gasteiger partial charge on any atom is 0.244 e. The molecule has 3 rings (SSSR count). The molecule has 1 amide bonds. The molecule has 0 unspecified atom stereocenters. The molecule has 1 aromatic carbocycles. The summed E-state index contributed by atoms with van der Waals surface area (Å²) in [5, 5.41) is 4.75. The van der Waals surface area contributed by atoms with Crippen molar-refractivity contribution in [1.82, 2.24) is 19.9 Å². The Labute approximate surface area is 142 Å². The van der Waals surface area contributed by atoms with Crippen LogP contribution in [0.2, 0.25) is 0 Å². The van der Waals surface area contributed by atoms with Crippen molar-refractivity contribution in [3.63, 3.8) is 0 Å². The maximum atomic E-state index is 13.2. The van der Waals surface area contributed by atoms with Crippen molar-refractivity contribution in [2.75, 3.05) is 0 Å². The van der Waals surface area contributed by atoms with Crippen molar-refractivity contribution < 1.29 is 9.18 Å². The van der Waals surface area contributed by atoms with Crippen molar-refractivity contribution in [2.45, 2.75) is 6.04 Å². The third-order valence-electron chi connectivity index (χ3n) is 3.46. The zero-order chi connectivity index (χ0) is 16.9. The molecule has 3 aromatic rings. The normalized spacial score (nSPS) is 12.4. The van der Waals surface area contributed by atoms with Crippen LogP contribution in [0.3, 0.4) is 0 Å². The smallest absolute Gasteiger partial charge is 0.244 e. The lowest BCUT2D eigenvalue weighted by molar-refractivity contribution is -0.117. The van der Waals surface area contributed by atoms with Gasteiger partial charge in [-0.25, -0.2) is 14.4 Å². The molecular formula is C17H15FN4OS. The number of aromatic nitrogens is 3. The molecule has 0 aliphatic heterocycles. The molecule has 24 heavy (non-hydrogen) atoms. The van der Waals surface area contributed by atoms with Crippen molar-refractivity contribution in [2.24, 2.45) is 7.05 Å². The largest absolute Gasteiger partial charge is 0.339 e. The number of carbonyl (C=O) groups excluding carboxylic acids is 1. The van der Waals surface area contributed by atoms with Gasteiger partial charge in [0.15, 0.2) is 0 Å². The predicted molar refractivity (Wildman–Crippen MR) is 90.7 cm³/mol. The van der Waals surface area contributed by atoms with Crippen LogP contribution in [0.5, 0.6) is 0 Å². The lowest BCUT2D eigenvalue weighted by Crippen LogP contribution is -2.29. The molecule has 1 N–H and O–H groups in total. The Morgan fingerprint density at radius 3 is 2.75 bits per heavy atom. The highest BCUT2D eigenvalue weighted by Gasteiger charge is 2.19. The average molecular weight is 342 g/mol. The third-order valence-corrected chi connectivity index (χ3v) is 4.07. The molecule has 1 atom stereocenters. The van der Waals surface area contributed by atoms with Crippen LogP contribution < -0.4 is 5.32 Å². The van der Waals surface area contributed by atoms with Gasteiger partial charge in [-0.05, 0) is 23.8 Å². The summed E-state index contributed by atoms with van der Waals surface area (Å²) in [6.07, 6.45) is 6.52.